The van der Waals surface area contributed by atoms with Crippen molar-refractivity contribution in [1.82, 2.24) is 15.1 Å². The van der Waals surface area contributed by atoms with E-state index in [4.69, 9.17) is 9.15 Å². The van der Waals surface area contributed by atoms with E-state index in [9.17, 15) is 14.4 Å². The molecule has 2 aromatic rings. The molecule has 3 heterocycles. The Labute approximate surface area is 180 Å². The average Bonchev–Trinajstić information content (AvgIpc) is 3.43. The monoisotopic (exact) mass is 426 g/mol. The quantitative estimate of drug-likeness (QED) is 0.758. The molecule has 3 amide bonds. The second kappa shape index (κ2) is 8.33. The van der Waals surface area contributed by atoms with Crippen molar-refractivity contribution in [3.63, 3.8) is 0 Å². The summed E-state index contributed by atoms with van der Waals surface area (Å²) in [6.07, 6.45) is 1.04. The first-order chi connectivity index (χ1) is 14.9. The topological polar surface area (TPSA) is 104 Å². The molecule has 2 atom stereocenters. The van der Waals surface area contributed by atoms with E-state index in [0.29, 0.717) is 31.9 Å². The molecule has 2 unspecified atom stereocenters. The Morgan fingerprint density at radius 2 is 1.87 bits per heavy atom. The number of piperazine rings is 1. The number of alkyl carbamates (subject to hydrolysis) is 1. The van der Waals surface area contributed by atoms with Gasteiger partial charge in [0.25, 0.3) is 5.91 Å². The highest BCUT2D eigenvalue weighted by Gasteiger charge is 2.36. The zero-order valence-corrected chi connectivity index (χ0v) is 17.6. The highest BCUT2D eigenvalue weighted by Crippen LogP contribution is 2.27. The first kappa shape index (κ1) is 20.8. The fourth-order valence-electron chi connectivity index (χ4n) is 3.89. The van der Waals surface area contributed by atoms with Crippen LogP contribution in [0.1, 0.15) is 30.0 Å². The molecule has 1 aromatic carbocycles. The third-order valence-corrected chi connectivity index (χ3v) is 5.73. The maximum absolute atomic E-state index is 12.9. The van der Waals surface area contributed by atoms with E-state index in [-0.39, 0.29) is 18.4 Å². The number of benzene rings is 1. The average molecular weight is 426 g/mol. The van der Waals surface area contributed by atoms with Gasteiger partial charge in [0.2, 0.25) is 5.91 Å². The lowest BCUT2D eigenvalue weighted by Crippen LogP contribution is -2.53. The molecule has 0 saturated carbocycles. The van der Waals surface area contributed by atoms with Crippen LogP contribution >= 0.6 is 0 Å². The van der Waals surface area contributed by atoms with Gasteiger partial charge in [0, 0.05) is 31.9 Å². The zero-order chi connectivity index (χ0) is 22.0. The number of furan rings is 1. The summed E-state index contributed by atoms with van der Waals surface area (Å²) in [5.74, 6) is 0.128. The predicted molar refractivity (Wildman–Crippen MR) is 113 cm³/mol. The number of nitrogens with one attached hydrogen (secondary N) is 2. The minimum atomic E-state index is -0.598. The number of rotatable bonds is 5. The van der Waals surface area contributed by atoms with Crippen LogP contribution in [0.2, 0.25) is 0 Å². The molecule has 0 bridgehead atoms. The Morgan fingerprint density at radius 1 is 1.13 bits per heavy atom. The first-order valence-electron chi connectivity index (χ1n) is 10.3. The van der Waals surface area contributed by atoms with Gasteiger partial charge in [-0.3, -0.25) is 9.59 Å². The van der Waals surface area contributed by atoms with Crippen LogP contribution in [0.3, 0.4) is 0 Å². The van der Waals surface area contributed by atoms with Gasteiger partial charge < -0.3 is 29.6 Å². The van der Waals surface area contributed by atoms with E-state index in [0.717, 1.165) is 11.3 Å². The molecular formula is C22H26N4O5. The summed E-state index contributed by atoms with van der Waals surface area (Å²) in [5, 5.41) is 6.07. The lowest BCUT2D eigenvalue weighted by atomic mass is 9.93. The summed E-state index contributed by atoms with van der Waals surface area (Å²) in [4.78, 5) is 40.2. The fourth-order valence-corrected chi connectivity index (χ4v) is 3.89. The van der Waals surface area contributed by atoms with E-state index in [1.165, 1.54) is 6.26 Å². The largest absolute Gasteiger partial charge is 0.459 e. The molecule has 9 nitrogen and oxygen atoms in total. The number of cyclic esters (lactones) is 1. The van der Waals surface area contributed by atoms with Gasteiger partial charge in [-0.15, -0.1) is 0 Å². The van der Waals surface area contributed by atoms with Crippen molar-refractivity contribution in [2.24, 2.45) is 0 Å². The lowest BCUT2D eigenvalue weighted by Gasteiger charge is -2.35. The molecular weight excluding hydrogens is 400 g/mol. The summed E-state index contributed by atoms with van der Waals surface area (Å²) in [5.41, 5.74) is 1.08. The Morgan fingerprint density at radius 3 is 2.52 bits per heavy atom. The van der Waals surface area contributed by atoms with Crippen LogP contribution in [0.25, 0.3) is 0 Å². The van der Waals surface area contributed by atoms with Gasteiger partial charge >= 0.3 is 6.09 Å². The molecule has 1 aromatic heterocycles. The number of carbonyl (C=O) groups excluding carboxylic acids is 3. The van der Waals surface area contributed by atoms with Gasteiger partial charge in [-0.25, -0.2) is 4.79 Å². The first-order valence-corrected chi connectivity index (χ1v) is 10.3. The zero-order valence-electron chi connectivity index (χ0n) is 17.6. The Balaban J connectivity index is 1.34. The molecule has 31 heavy (non-hydrogen) atoms. The van der Waals surface area contributed by atoms with Crippen molar-refractivity contribution in [2.75, 3.05) is 38.1 Å². The lowest BCUT2D eigenvalue weighted by molar-refractivity contribution is -0.133. The van der Waals surface area contributed by atoms with Gasteiger partial charge in [0.05, 0.1) is 11.8 Å². The second-order valence-corrected chi connectivity index (χ2v) is 8.07. The second-order valence-electron chi connectivity index (χ2n) is 8.07. The van der Waals surface area contributed by atoms with Gasteiger partial charge in [-0.05, 0) is 43.7 Å². The minimum absolute atomic E-state index is 0.0285. The third-order valence-electron chi connectivity index (χ3n) is 5.73. The van der Waals surface area contributed by atoms with Crippen molar-refractivity contribution >= 4 is 23.6 Å². The summed E-state index contributed by atoms with van der Waals surface area (Å²) >= 11 is 0. The molecule has 9 heteroatoms. The maximum atomic E-state index is 12.9. The predicted octanol–water partition coefficient (Wildman–Crippen LogP) is 2.02. The molecule has 164 valence electrons. The van der Waals surface area contributed by atoms with Gasteiger partial charge in [-0.2, -0.15) is 0 Å². The van der Waals surface area contributed by atoms with Crippen LogP contribution in [0.4, 0.5) is 10.5 Å². The SMILES string of the molecule is CC(Nc1cccc(C2(C)COC(=O)N2)c1)C(=O)N1CCN(C(=O)c2ccco2)CC1. The Kier molecular flexibility index (Phi) is 5.58. The third kappa shape index (κ3) is 4.35. The Bertz CT molecular complexity index is 968. The molecule has 2 aliphatic rings. The highest BCUT2D eigenvalue weighted by atomic mass is 16.6. The smallest absolute Gasteiger partial charge is 0.408 e. The number of carbonyl (C=O) groups is 3. The minimum Gasteiger partial charge on any atom is -0.459 e. The summed E-state index contributed by atoms with van der Waals surface area (Å²) in [6.45, 7) is 5.84. The molecule has 0 radical (unpaired) electrons. The molecule has 2 N–H and O–H groups in total. The number of ether oxygens (including phenoxy) is 1. The summed E-state index contributed by atoms with van der Waals surface area (Å²) in [7, 11) is 0. The van der Waals surface area contributed by atoms with E-state index in [2.05, 4.69) is 10.6 Å². The van der Waals surface area contributed by atoms with Crippen molar-refractivity contribution < 1.29 is 23.5 Å². The number of nitrogens with zero attached hydrogens (tertiary/aromatic N) is 2. The maximum Gasteiger partial charge on any atom is 0.408 e. The summed E-state index contributed by atoms with van der Waals surface area (Å²) in [6, 6.07) is 10.5. The van der Waals surface area contributed by atoms with E-state index in [1.54, 1.807) is 21.9 Å². The number of amides is 3. The van der Waals surface area contributed by atoms with E-state index < -0.39 is 17.7 Å². The van der Waals surface area contributed by atoms with Gasteiger partial charge in [0.15, 0.2) is 5.76 Å². The molecule has 0 aliphatic carbocycles. The normalized spacial score (nSPS) is 21.9. The van der Waals surface area contributed by atoms with Crippen molar-refractivity contribution in [3.8, 4) is 0 Å². The standard InChI is InChI=1S/C22H26N4O5/c1-15(23-17-6-3-5-16(13-17)22(2)14-31-21(29)24-22)19(27)25-8-10-26(11-9-25)20(28)18-7-4-12-30-18/h3-7,12-13,15,23H,8-11,14H2,1-2H3,(H,24,29). The number of hydrogen-bond donors (Lipinski definition) is 2. The summed E-state index contributed by atoms with van der Waals surface area (Å²) < 4.78 is 10.2. The van der Waals surface area contributed by atoms with Crippen molar-refractivity contribution in [1.29, 1.82) is 0 Å². The fraction of sp³-hybridized carbons (Fsp3) is 0.409. The number of anilines is 1. The molecule has 2 saturated heterocycles. The van der Waals surface area contributed by atoms with Crippen molar-refractivity contribution in [2.45, 2.75) is 25.4 Å². The van der Waals surface area contributed by atoms with Crippen LogP contribution in [0, 0.1) is 0 Å². The highest BCUT2D eigenvalue weighted by molar-refractivity contribution is 5.92. The molecule has 2 aliphatic heterocycles. The van der Waals surface area contributed by atoms with Gasteiger partial charge in [-0.1, -0.05) is 12.1 Å². The van der Waals surface area contributed by atoms with Gasteiger partial charge in [0.1, 0.15) is 12.6 Å². The van der Waals surface area contributed by atoms with Crippen LogP contribution in [-0.2, 0) is 15.1 Å². The molecule has 4 rings (SSSR count). The van der Waals surface area contributed by atoms with E-state index >= 15 is 0 Å². The van der Waals surface area contributed by atoms with E-state index in [1.807, 2.05) is 38.1 Å². The van der Waals surface area contributed by atoms with Crippen LogP contribution in [0.15, 0.2) is 47.1 Å². The van der Waals surface area contributed by atoms with Crippen LogP contribution < -0.4 is 10.6 Å². The number of hydrogen-bond acceptors (Lipinski definition) is 6. The van der Waals surface area contributed by atoms with Crippen molar-refractivity contribution in [3.05, 3.63) is 54.0 Å². The van der Waals surface area contributed by atoms with Crippen LogP contribution in [0.5, 0.6) is 0 Å². The Hall–Kier alpha value is -3.49. The molecule has 0 spiro atoms. The molecule has 2 fully saturated rings. The van der Waals surface area contributed by atoms with Crippen LogP contribution in [-0.4, -0.2) is 66.5 Å².